The second-order valence-electron chi connectivity index (χ2n) is 9.15. The Morgan fingerprint density at radius 3 is 2.20 bits per heavy atom. The van der Waals surface area contributed by atoms with Crippen LogP contribution in [0.25, 0.3) is 6.08 Å². The minimum Gasteiger partial charge on any atom is -0.497 e. The quantitative estimate of drug-likeness (QED) is 0.209. The summed E-state index contributed by atoms with van der Waals surface area (Å²) in [5, 5.41) is 0. The molecule has 2 heterocycles. The van der Waals surface area contributed by atoms with Crippen molar-refractivity contribution in [1.29, 1.82) is 0 Å². The maximum Gasteiger partial charge on any atom is 0.338 e. The van der Waals surface area contributed by atoms with Crippen LogP contribution in [0, 0.1) is 0 Å². The molecule has 9 heteroatoms. The van der Waals surface area contributed by atoms with Crippen LogP contribution in [0.3, 0.4) is 0 Å². The number of hydrogen-bond acceptors (Lipinski definition) is 8. The maximum atomic E-state index is 13.8. The van der Waals surface area contributed by atoms with E-state index in [1.807, 2.05) is 72.8 Å². The fourth-order valence-corrected chi connectivity index (χ4v) is 5.59. The van der Waals surface area contributed by atoms with E-state index in [9.17, 15) is 9.59 Å². The SMILES string of the molecule is CCOC(=O)C1=C(C)N=c2sc(=Cc3ccc(OCCOc4ccccc4)cc3)c(=O)n2C1c1ccc(OC)cc1. The first kappa shape index (κ1) is 27.9. The van der Waals surface area contributed by atoms with E-state index in [0.29, 0.717) is 45.3 Å². The average molecular weight is 571 g/mol. The molecule has 0 saturated carbocycles. The lowest BCUT2D eigenvalue weighted by molar-refractivity contribution is -0.139. The van der Waals surface area contributed by atoms with Crippen LogP contribution >= 0.6 is 11.3 Å². The zero-order valence-electron chi connectivity index (χ0n) is 23.0. The highest BCUT2D eigenvalue weighted by Gasteiger charge is 2.33. The Morgan fingerprint density at radius 2 is 1.56 bits per heavy atom. The molecular weight excluding hydrogens is 540 g/mol. The van der Waals surface area contributed by atoms with Crippen molar-refractivity contribution in [2.75, 3.05) is 26.9 Å². The van der Waals surface area contributed by atoms with Crippen molar-refractivity contribution >= 4 is 23.4 Å². The van der Waals surface area contributed by atoms with Crippen LogP contribution in [0.1, 0.15) is 31.0 Å². The number of aromatic nitrogens is 1. The van der Waals surface area contributed by atoms with Crippen LogP contribution < -0.4 is 29.1 Å². The first-order chi connectivity index (χ1) is 20.0. The van der Waals surface area contributed by atoms with E-state index in [1.54, 1.807) is 37.7 Å². The fourth-order valence-electron chi connectivity index (χ4n) is 4.54. The molecule has 0 amide bonds. The highest BCUT2D eigenvalue weighted by Crippen LogP contribution is 2.31. The first-order valence-corrected chi connectivity index (χ1v) is 14.0. The number of allylic oxidation sites excluding steroid dienone is 1. The molecule has 4 aromatic rings. The summed E-state index contributed by atoms with van der Waals surface area (Å²) >= 11 is 1.28. The van der Waals surface area contributed by atoms with Crippen LogP contribution in [-0.4, -0.2) is 37.5 Å². The Hall–Kier alpha value is -4.63. The number of ether oxygens (including phenoxy) is 4. The Bertz CT molecular complexity index is 1720. The number of hydrogen-bond donors (Lipinski definition) is 0. The van der Waals surface area contributed by atoms with E-state index < -0.39 is 12.0 Å². The number of carbonyl (C=O) groups excluding carboxylic acids is 1. The molecule has 41 heavy (non-hydrogen) atoms. The summed E-state index contributed by atoms with van der Waals surface area (Å²) in [7, 11) is 1.59. The Labute approximate surface area is 241 Å². The molecule has 1 unspecified atom stereocenters. The number of esters is 1. The van der Waals surface area contributed by atoms with Gasteiger partial charge in [-0.1, -0.05) is 53.8 Å². The number of rotatable bonds is 10. The normalized spacial score (nSPS) is 14.7. The molecule has 0 saturated heterocycles. The van der Waals surface area contributed by atoms with Crippen molar-refractivity contribution in [2.24, 2.45) is 4.99 Å². The van der Waals surface area contributed by atoms with Gasteiger partial charge in [-0.25, -0.2) is 9.79 Å². The van der Waals surface area contributed by atoms with Gasteiger partial charge in [0.1, 0.15) is 30.5 Å². The zero-order valence-corrected chi connectivity index (χ0v) is 23.9. The van der Waals surface area contributed by atoms with Crippen molar-refractivity contribution in [1.82, 2.24) is 4.57 Å². The molecule has 1 aromatic heterocycles. The molecule has 0 bridgehead atoms. The second-order valence-corrected chi connectivity index (χ2v) is 10.2. The van der Waals surface area contributed by atoms with E-state index in [4.69, 9.17) is 18.9 Å². The molecule has 8 nitrogen and oxygen atoms in total. The van der Waals surface area contributed by atoms with Gasteiger partial charge in [0, 0.05) is 0 Å². The summed E-state index contributed by atoms with van der Waals surface area (Å²) in [4.78, 5) is 31.9. The molecule has 0 radical (unpaired) electrons. The van der Waals surface area contributed by atoms with Crippen molar-refractivity contribution < 1.29 is 23.7 Å². The third-order valence-electron chi connectivity index (χ3n) is 6.49. The van der Waals surface area contributed by atoms with Crippen molar-refractivity contribution in [3.63, 3.8) is 0 Å². The summed E-state index contributed by atoms with van der Waals surface area (Å²) in [5.74, 6) is 1.69. The van der Waals surface area contributed by atoms with E-state index in [1.165, 1.54) is 11.3 Å². The smallest absolute Gasteiger partial charge is 0.338 e. The molecule has 3 aromatic carbocycles. The second kappa shape index (κ2) is 12.7. The Kier molecular flexibility index (Phi) is 8.64. The summed E-state index contributed by atoms with van der Waals surface area (Å²) in [6.07, 6.45) is 1.82. The summed E-state index contributed by atoms with van der Waals surface area (Å²) in [6.45, 7) is 4.56. The van der Waals surface area contributed by atoms with E-state index in [2.05, 4.69) is 4.99 Å². The van der Waals surface area contributed by atoms with Crippen molar-refractivity contribution in [2.45, 2.75) is 19.9 Å². The highest BCUT2D eigenvalue weighted by atomic mass is 32.1. The zero-order chi connectivity index (χ0) is 28.8. The fraction of sp³-hybridized carbons (Fsp3) is 0.219. The third-order valence-corrected chi connectivity index (χ3v) is 7.47. The van der Waals surface area contributed by atoms with Gasteiger partial charge in [0.15, 0.2) is 4.80 Å². The number of para-hydroxylation sites is 1. The number of nitrogens with zero attached hydrogens (tertiary/aromatic N) is 2. The highest BCUT2D eigenvalue weighted by molar-refractivity contribution is 7.07. The number of fused-ring (bicyclic) bond motifs is 1. The van der Waals surface area contributed by atoms with Gasteiger partial charge in [-0.05, 0) is 67.4 Å². The molecule has 1 aliphatic heterocycles. The summed E-state index contributed by atoms with van der Waals surface area (Å²) in [5.41, 5.74) is 2.23. The molecule has 0 aliphatic carbocycles. The summed E-state index contributed by atoms with van der Waals surface area (Å²) < 4.78 is 24.2. The molecule has 1 atom stereocenters. The van der Waals surface area contributed by atoms with Gasteiger partial charge < -0.3 is 18.9 Å². The van der Waals surface area contributed by atoms with Crippen LogP contribution in [0.5, 0.6) is 17.2 Å². The maximum absolute atomic E-state index is 13.8. The van der Waals surface area contributed by atoms with Gasteiger partial charge in [0.05, 0.1) is 35.6 Å². The first-order valence-electron chi connectivity index (χ1n) is 13.2. The van der Waals surface area contributed by atoms with Crippen LogP contribution in [0.15, 0.2) is 99.9 Å². The van der Waals surface area contributed by atoms with Gasteiger partial charge in [-0.2, -0.15) is 0 Å². The number of thiazole rings is 1. The number of carbonyl (C=O) groups is 1. The third kappa shape index (κ3) is 6.25. The van der Waals surface area contributed by atoms with Crippen LogP contribution in [0.2, 0.25) is 0 Å². The monoisotopic (exact) mass is 570 g/mol. The number of methoxy groups -OCH3 is 1. The van der Waals surface area contributed by atoms with E-state index in [0.717, 1.165) is 16.9 Å². The lowest BCUT2D eigenvalue weighted by atomic mass is 9.96. The topological polar surface area (TPSA) is 88.4 Å². The van der Waals surface area contributed by atoms with Gasteiger partial charge in [0.25, 0.3) is 5.56 Å². The standard InChI is InChI=1S/C32H30N2O6S/c1-4-38-31(36)28-21(2)33-32-34(29(28)23-12-16-24(37-3)17-13-23)30(35)27(41-32)20-22-10-14-26(15-11-22)40-19-18-39-25-8-6-5-7-9-25/h5-17,20,29H,4,18-19H2,1-3H3. The van der Waals surface area contributed by atoms with Gasteiger partial charge >= 0.3 is 5.97 Å². The van der Waals surface area contributed by atoms with Crippen LogP contribution in [0.4, 0.5) is 0 Å². The summed E-state index contributed by atoms with van der Waals surface area (Å²) in [6, 6.07) is 23.7. The van der Waals surface area contributed by atoms with E-state index >= 15 is 0 Å². The molecular formula is C32H30N2O6S. The van der Waals surface area contributed by atoms with Crippen molar-refractivity contribution in [3.05, 3.63) is 121 Å². The van der Waals surface area contributed by atoms with Crippen LogP contribution in [-0.2, 0) is 9.53 Å². The minimum absolute atomic E-state index is 0.217. The predicted octanol–water partition coefficient (Wildman–Crippen LogP) is 4.26. The molecule has 1 aliphatic rings. The Balaban J connectivity index is 1.41. The molecule has 0 fully saturated rings. The van der Waals surface area contributed by atoms with E-state index in [-0.39, 0.29) is 12.2 Å². The minimum atomic E-state index is -0.674. The predicted molar refractivity (Wildman–Crippen MR) is 157 cm³/mol. The molecule has 210 valence electrons. The lowest BCUT2D eigenvalue weighted by Crippen LogP contribution is -2.39. The molecule has 0 spiro atoms. The average Bonchev–Trinajstić information content (AvgIpc) is 3.30. The van der Waals surface area contributed by atoms with Gasteiger partial charge in [-0.15, -0.1) is 0 Å². The van der Waals surface area contributed by atoms with Gasteiger partial charge in [-0.3, -0.25) is 9.36 Å². The largest absolute Gasteiger partial charge is 0.497 e. The Morgan fingerprint density at radius 1 is 0.927 bits per heavy atom. The lowest BCUT2D eigenvalue weighted by Gasteiger charge is -2.24. The number of benzene rings is 3. The van der Waals surface area contributed by atoms with Gasteiger partial charge in [0.2, 0.25) is 0 Å². The molecule has 0 N–H and O–H groups in total. The molecule has 5 rings (SSSR count). The van der Waals surface area contributed by atoms with Crippen molar-refractivity contribution in [3.8, 4) is 17.2 Å².